The number of hydrogen-bond acceptors (Lipinski definition) is 0. The van der Waals surface area contributed by atoms with E-state index in [0.29, 0.717) is 0 Å². The van der Waals surface area contributed by atoms with Crippen molar-refractivity contribution in [3.05, 3.63) is 35.2 Å². The molecule has 0 atom stereocenters. The Labute approximate surface area is 67.8 Å². The van der Waals surface area contributed by atoms with Gasteiger partial charge in [0.25, 0.3) is 0 Å². The second kappa shape index (κ2) is 2.24. The molecule has 0 amide bonds. The Kier molecular flexibility index (Phi) is 1.36. The molecule has 1 aromatic heterocycles. The summed E-state index contributed by atoms with van der Waals surface area (Å²) in [5, 5.41) is 0.992. The van der Waals surface area contributed by atoms with Crippen LogP contribution in [0.5, 0.6) is 0 Å². The standard InChI is InChI=1S/C8H5ClFN/c9-6-4-8-5(1-2-11-8)3-7(6)10/h1-4,11H. The summed E-state index contributed by atoms with van der Waals surface area (Å²) in [6.07, 6.45) is 1.75. The number of nitrogens with one attached hydrogen (secondary N) is 1. The van der Waals surface area contributed by atoms with Crippen molar-refractivity contribution in [3.63, 3.8) is 0 Å². The molecule has 0 aliphatic rings. The third kappa shape index (κ3) is 0.994. The van der Waals surface area contributed by atoms with Crippen LogP contribution in [0.15, 0.2) is 24.4 Å². The molecule has 1 N–H and O–H groups in total. The first-order chi connectivity index (χ1) is 5.27. The molecule has 2 rings (SSSR count). The minimum absolute atomic E-state index is 0.153. The van der Waals surface area contributed by atoms with Gasteiger partial charge < -0.3 is 4.98 Å². The number of hydrogen-bond donors (Lipinski definition) is 1. The summed E-state index contributed by atoms with van der Waals surface area (Å²) in [6, 6.07) is 4.79. The Hall–Kier alpha value is -1.02. The van der Waals surface area contributed by atoms with Crippen LogP contribution in [0, 0.1) is 5.82 Å². The lowest BCUT2D eigenvalue weighted by molar-refractivity contribution is 0.630. The average Bonchev–Trinajstić information content (AvgIpc) is 2.36. The average molecular weight is 170 g/mol. The molecule has 0 saturated heterocycles. The summed E-state index contributed by atoms with van der Waals surface area (Å²) < 4.78 is 12.8. The van der Waals surface area contributed by atoms with Crippen molar-refractivity contribution < 1.29 is 4.39 Å². The van der Waals surface area contributed by atoms with E-state index in [9.17, 15) is 4.39 Å². The molecule has 0 aliphatic carbocycles. The van der Waals surface area contributed by atoms with Crippen LogP contribution < -0.4 is 0 Å². The topological polar surface area (TPSA) is 15.8 Å². The summed E-state index contributed by atoms with van der Waals surface area (Å²) in [4.78, 5) is 2.94. The molecule has 2 aromatic rings. The van der Waals surface area contributed by atoms with E-state index >= 15 is 0 Å². The fourth-order valence-corrected chi connectivity index (χ4v) is 1.21. The number of H-pyrrole nitrogens is 1. The lowest BCUT2D eigenvalue weighted by Gasteiger charge is -1.93. The quantitative estimate of drug-likeness (QED) is 0.624. The van der Waals surface area contributed by atoms with Crippen molar-refractivity contribution in [1.82, 2.24) is 4.98 Å². The molecule has 0 spiro atoms. The monoisotopic (exact) mass is 169 g/mol. The maximum absolute atomic E-state index is 12.8. The highest BCUT2D eigenvalue weighted by Crippen LogP contribution is 2.21. The van der Waals surface area contributed by atoms with Gasteiger partial charge in [0.05, 0.1) is 5.02 Å². The van der Waals surface area contributed by atoms with Gasteiger partial charge in [-0.3, -0.25) is 0 Å². The van der Waals surface area contributed by atoms with Crippen LogP contribution >= 0.6 is 11.6 Å². The minimum atomic E-state index is -0.376. The number of aromatic amines is 1. The summed E-state index contributed by atoms with van der Waals surface area (Å²) in [5.41, 5.74) is 0.858. The second-order valence-electron chi connectivity index (χ2n) is 2.33. The smallest absolute Gasteiger partial charge is 0.142 e. The molecule has 0 bridgehead atoms. The first kappa shape index (κ1) is 6.68. The van der Waals surface area contributed by atoms with Crippen LogP contribution in [0.2, 0.25) is 5.02 Å². The summed E-state index contributed by atoms with van der Waals surface area (Å²) >= 11 is 5.55. The Morgan fingerprint density at radius 2 is 2.18 bits per heavy atom. The fraction of sp³-hybridized carbons (Fsp3) is 0. The van der Waals surface area contributed by atoms with Gasteiger partial charge in [-0.25, -0.2) is 4.39 Å². The zero-order chi connectivity index (χ0) is 7.84. The Morgan fingerprint density at radius 3 is 3.00 bits per heavy atom. The van der Waals surface area contributed by atoms with Gasteiger partial charge in [0.2, 0.25) is 0 Å². The van der Waals surface area contributed by atoms with Crippen LogP contribution in [0.3, 0.4) is 0 Å². The van der Waals surface area contributed by atoms with Crippen LogP contribution in [-0.2, 0) is 0 Å². The maximum atomic E-state index is 12.8. The third-order valence-corrected chi connectivity index (χ3v) is 1.88. The molecule has 0 aliphatic heterocycles. The van der Waals surface area contributed by atoms with Crippen LogP contribution in [0.1, 0.15) is 0 Å². The normalized spacial score (nSPS) is 10.7. The van der Waals surface area contributed by atoms with E-state index in [4.69, 9.17) is 11.6 Å². The first-order valence-electron chi connectivity index (χ1n) is 3.19. The zero-order valence-corrected chi connectivity index (χ0v) is 6.32. The number of fused-ring (bicyclic) bond motifs is 1. The third-order valence-electron chi connectivity index (χ3n) is 1.59. The number of aromatic nitrogens is 1. The van der Waals surface area contributed by atoms with Gasteiger partial charge in [0.15, 0.2) is 0 Å². The maximum Gasteiger partial charge on any atom is 0.142 e. The van der Waals surface area contributed by atoms with Crippen LogP contribution in [-0.4, -0.2) is 4.98 Å². The van der Waals surface area contributed by atoms with Gasteiger partial charge in [0, 0.05) is 17.1 Å². The van der Waals surface area contributed by atoms with Crippen LogP contribution in [0.25, 0.3) is 10.9 Å². The van der Waals surface area contributed by atoms with E-state index in [1.165, 1.54) is 6.07 Å². The van der Waals surface area contributed by atoms with E-state index in [0.717, 1.165) is 10.9 Å². The molecule has 0 unspecified atom stereocenters. The highest BCUT2D eigenvalue weighted by molar-refractivity contribution is 6.31. The van der Waals surface area contributed by atoms with E-state index in [1.807, 2.05) is 0 Å². The Morgan fingerprint density at radius 1 is 1.36 bits per heavy atom. The molecule has 1 heterocycles. The molecule has 3 heteroatoms. The summed E-state index contributed by atoms with van der Waals surface area (Å²) in [6.45, 7) is 0. The second-order valence-corrected chi connectivity index (χ2v) is 2.74. The first-order valence-corrected chi connectivity index (χ1v) is 3.57. The summed E-state index contributed by atoms with van der Waals surface area (Å²) in [7, 11) is 0. The van der Waals surface area contributed by atoms with Crippen molar-refractivity contribution in [2.75, 3.05) is 0 Å². The molecule has 56 valence electrons. The largest absolute Gasteiger partial charge is 0.361 e. The van der Waals surface area contributed by atoms with Gasteiger partial charge >= 0.3 is 0 Å². The SMILES string of the molecule is Fc1cc2cc[nH]c2cc1Cl. The van der Waals surface area contributed by atoms with Crippen molar-refractivity contribution in [2.45, 2.75) is 0 Å². The summed E-state index contributed by atoms with van der Waals surface area (Å²) in [5.74, 6) is -0.376. The lowest BCUT2D eigenvalue weighted by atomic mass is 10.2. The predicted molar refractivity (Wildman–Crippen MR) is 43.3 cm³/mol. The molecule has 11 heavy (non-hydrogen) atoms. The van der Waals surface area contributed by atoms with Gasteiger partial charge in [-0.2, -0.15) is 0 Å². The highest BCUT2D eigenvalue weighted by atomic mass is 35.5. The highest BCUT2D eigenvalue weighted by Gasteiger charge is 2.01. The van der Waals surface area contributed by atoms with Crippen molar-refractivity contribution >= 4 is 22.5 Å². The van der Waals surface area contributed by atoms with Crippen molar-refractivity contribution in [3.8, 4) is 0 Å². The molecule has 1 aromatic carbocycles. The molecular weight excluding hydrogens is 165 g/mol. The molecule has 0 radical (unpaired) electrons. The number of halogens is 2. The zero-order valence-electron chi connectivity index (χ0n) is 5.57. The van der Waals surface area contributed by atoms with Crippen LogP contribution in [0.4, 0.5) is 4.39 Å². The van der Waals surface area contributed by atoms with Gasteiger partial charge in [-0.05, 0) is 18.2 Å². The van der Waals surface area contributed by atoms with E-state index in [-0.39, 0.29) is 10.8 Å². The van der Waals surface area contributed by atoms with E-state index < -0.39 is 0 Å². The predicted octanol–water partition coefficient (Wildman–Crippen LogP) is 2.96. The van der Waals surface area contributed by atoms with E-state index in [1.54, 1.807) is 18.3 Å². The van der Waals surface area contributed by atoms with Crippen molar-refractivity contribution in [2.24, 2.45) is 0 Å². The lowest BCUT2D eigenvalue weighted by Crippen LogP contribution is -1.75. The van der Waals surface area contributed by atoms with E-state index in [2.05, 4.69) is 4.98 Å². The molecule has 1 nitrogen and oxygen atoms in total. The molecule has 0 fully saturated rings. The number of benzene rings is 1. The fourth-order valence-electron chi connectivity index (χ4n) is 1.05. The Balaban J connectivity index is 2.86. The van der Waals surface area contributed by atoms with Gasteiger partial charge in [-0.1, -0.05) is 11.6 Å². The molecular formula is C8H5ClFN. The minimum Gasteiger partial charge on any atom is -0.361 e. The van der Waals surface area contributed by atoms with Crippen molar-refractivity contribution in [1.29, 1.82) is 0 Å². The van der Waals surface area contributed by atoms with Gasteiger partial charge in [-0.15, -0.1) is 0 Å². The number of rotatable bonds is 0. The van der Waals surface area contributed by atoms with Gasteiger partial charge in [0.1, 0.15) is 5.82 Å². The molecule has 0 saturated carbocycles. The Bertz CT molecular complexity index is 358.